The lowest BCUT2D eigenvalue weighted by Crippen LogP contribution is -2.39. The maximum Gasteiger partial charge on any atom is 0.242 e. The van der Waals surface area contributed by atoms with Gasteiger partial charge in [0.05, 0.1) is 0 Å². The molecule has 7 nitrogen and oxygen atoms in total. The average Bonchev–Trinajstić information content (AvgIpc) is 2.34. The molecule has 1 aromatic rings. The molecule has 0 aliphatic carbocycles. The standard InChI is InChI=1S/C12H22N6O/c1-7(2)6-15-11(19)8(3)16-10-5-9(14-4)17-12(13)18-10/h5,7-8H,6H2,1-4H3,(H,15,19)(H4,13,14,16,17,18). The summed E-state index contributed by atoms with van der Waals surface area (Å²) in [5.74, 6) is 1.62. The number of hydrogen-bond donors (Lipinski definition) is 4. The van der Waals surface area contributed by atoms with Gasteiger partial charge in [-0.25, -0.2) is 0 Å². The predicted octanol–water partition coefficient (Wildman–Crippen LogP) is 0.673. The van der Waals surface area contributed by atoms with Gasteiger partial charge in [0.2, 0.25) is 11.9 Å². The van der Waals surface area contributed by atoms with E-state index in [0.717, 1.165) is 0 Å². The van der Waals surface area contributed by atoms with E-state index in [1.807, 2.05) is 13.8 Å². The minimum atomic E-state index is -0.391. The molecule has 7 heteroatoms. The topological polar surface area (TPSA) is 105 Å². The van der Waals surface area contributed by atoms with Gasteiger partial charge in [-0.1, -0.05) is 13.8 Å². The zero-order chi connectivity index (χ0) is 14.4. The van der Waals surface area contributed by atoms with Crippen molar-refractivity contribution < 1.29 is 4.79 Å². The first kappa shape index (κ1) is 15.0. The van der Waals surface area contributed by atoms with Crippen LogP contribution in [0.3, 0.4) is 0 Å². The van der Waals surface area contributed by atoms with Crippen molar-refractivity contribution in [3.8, 4) is 0 Å². The monoisotopic (exact) mass is 266 g/mol. The van der Waals surface area contributed by atoms with Gasteiger partial charge >= 0.3 is 0 Å². The second kappa shape index (κ2) is 6.77. The molecule has 0 saturated heterocycles. The third kappa shape index (κ3) is 4.99. The lowest BCUT2D eigenvalue weighted by molar-refractivity contribution is -0.121. The number of amides is 1. The number of anilines is 3. The summed E-state index contributed by atoms with van der Waals surface area (Å²) < 4.78 is 0. The maximum atomic E-state index is 11.8. The lowest BCUT2D eigenvalue weighted by Gasteiger charge is -2.16. The molecule has 0 fully saturated rings. The predicted molar refractivity (Wildman–Crippen MR) is 76.9 cm³/mol. The Hall–Kier alpha value is -2.05. The Labute approximate surface area is 113 Å². The Balaban J connectivity index is 2.63. The van der Waals surface area contributed by atoms with Crippen LogP contribution >= 0.6 is 0 Å². The highest BCUT2D eigenvalue weighted by molar-refractivity contribution is 5.84. The van der Waals surface area contributed by atoms with Crippen molar-refractivity contribution >= 4 is 23.5 Å². The molecule has 1 aromatic heterocycles. The largest absolute Gasteiger partial charge is 0.373 e. The highest BCUT2D eigenvalue weighted by Crippen LogP contribution is 2.12. The van der Waals surface area contributed by atoms with Crippen LogP contribution in [0.25, 0.3) is 0 Å². The summed E-state index contributed by atoms with van der Waals surface area (Å²) >= 11 is 0. The van der Waals surface area contributed by atoms with Crippen LogP contribution in [-0.2, 0) is 4.79 Å². The van der Waals surface area contributed by atoms with Crippen molar-refractivity contribution in [3.05, 3.63) is 6.07 Å². The lowest BCUT2D eigenvalue weighted by atomic mass is 10.2. The molecule has 0 aromatic carbocycles. The van der Waals surface area contributed by atoms with Crippen molar-refractivity contribution in [2.24, 2.45) is 5.92 Å². The van der Waals surface area contributed by atoms with Crippen molar-refractivity contribution in [1.82, 2.24) is 15.3 Å². The number of carbonyl (C=O) groups is 1. The molecular weight excluding hydrogens is 244 g/mol. The molecule has 1 atom stereocenters. The first-order valence-electron chi connectivity index (χ1n) is 6.29. The molecule has 1 unspecified atom stereocenters. The number of rotatable bonds is 6. The van der Waals surface area contributed by atoms with Gasteiger partial charge in [-0.15, -0.1) is 0 Å². The number of aromatic nitrogens is 2. The van der Waals surface area contributed by atoms with Crippen LogP contribution in [0.1, 0.15) is 20.8 Å². The minimum Gasteiger partial charge on any atom is -0.373 e. The molecule has 0 aliphatic heterocycles. The number of nitrogens with zero attached hydrogens (tertiary/aromatic N) is 2. The number of hydrogen-bond acceptors (Lipinski definition) is 6. The van der Waals surface area contributed by atoms with Crippen LogP contribution in [0.4, 0.5) is 17.6 Å². The minimum absolute atomic E-state index is 0.0723. The van der Waals surface area contributed by atoms with Crippen molar-refractivity contribution in [2.45, 2.75) is 26.8 Å². The van der Waals surface area contributed by atoms with Gasteiger partial charge in [-0.3, -0.25) is 4.79 Å². The number of nitrogen functional groups attached to an aromatic ring is 1. The van der Waals surface area contributed by atoms with Gasteiger partial charge in [0.25, 0.3) is 0 Å². The molecule has 0 spiro atoms. The Kier molecular flexibility index (Phi) is 5.35. The van der Waals surface area contributed by atoms with Gasteiger partial charge in [-0.2, -0.15) is 9.97 Å². The van der Waals surface area contributed by atoms with Crippen molar-refractivity contribution in [2.75, 3.05) is 30.0 Å². The second-order valence-corrected chi connectivity index (χ2v) is 4.75. The van der Waals surface area contributed by atoms with Crippen LogP contribution in [-0.4, -0.2) is 35.5 Å². The maximum absolute atomic E-state index is 11.8. The third-order valence-electron chi connectivity index (χ3n) is 2.44. The van der Waals surface area contributed by atoms with E-state index < -0.39 is 6.04 Å². The molecule has 0 saturated carbocycles. The Morgan fingerprint density at radius 1 is 1.32 bits per heavy atom. The highest BCUT2D eigenvalue weighted by Gasteiger charge is 2.13. The summed E-state index contributed by atoms with van der Waals surface area (Å²) in [7, 11) is 1.74. The Bertz CT molecular complexity index is 434. The fraction of sp³-hybridized carbons (Fsp3) is 0.583. The van der Waals surface area contributed by atoms with Gasteiger partial charge in [0, 0.05) is 19.7 Å². The normalized spacial score (nSPS) is 12.1. The Morgan fingerprint density at radius 3 is 2.53 bits per heavy atom. The summed E-state index contributed by atoms with van der Waals surface area (Å²) in [6.45, 7) is 6.51. The number of nitrogens with two attached hydrogens (primary N) is 1. The van der Waals surface area contributed by atoms with Gasteiger partial charge < -0.3 is 21.7 Å². The molecule has 0 aliphatic rings. The molecule has 1 amide bonds. The van der Waals surface area contributed by atoms with Gasteiger partial charge in [0.1, 0.15) is 17.7 Å². The van der Waals surface area contributed by atoms with Crippen LogP contribution < -0.4 is 21.7 Å². The first-order valence-corrected chi connectivity index (χ1v) is 6.29. The summed E-state index contributed by atoms with van der Waals surface area (Å²) in [5.41, 5.74) is 5.58. The highest BCUT2D eigenvalue weighted by atomic mass is 16.2. The zero-order valence-electron chi connectivity index (χ0n) is 11.8. The van der Waals surface area contributed by atoms with E-state index in [-0.39, 0.29) is 11.9 Å². The quantitative estimate of drug-likeness (QED) is 0.603. The smallest absolute Gasteiger partial charge is 0.242 e. The number of nitrogens with one attached hydrogen (secondary N) is 3. The van der Waals surface area contributed by atoms with Crippen molar-refractivity contribution in [3.63, 3.8) is 0 Å². The van der Waals surface area contributed by atoms with E-state index in [1.165, 1.54) is 0 Å². The van der Waals surface area contributed by atoms with Crippen molar-refractivity contribution in [1.29, 1.82) is 0 Å². The number of carbonyl (C=O) groups excluding carboxylic acids is 1. The van der Waals surface area contributed by atoms with Crippen LogP contribution in [0.5, 0.6) is 0 Å². The summed E-state index contributed by atoms with van der Waals surface area (Å²) in [5, 5.41) is 8.73. The molecule has 0 radical (unpaired) electrons. The fourth-order valence-corrected chi connectivity index (χ4v) is 1.41. The van der Waals surface area contributed by atoms with E-state index in [4.69, 9.17) is 5.73 Å². The summed E-state index contributed by atoms with van der Waals surface area (Å²) in [4.78, 5) is 19.8. The molecule has 19 heavy (non-hydrogen) atoms. The van der Waals surface area contributed by atoms with Gasteiger partial charge in [-0.05, 0) is 12.8 Å². The zero-order valence-corrected chi connectivity index (χ0v) is 11.8. The summed E-state index contributed by atoms with van der Waals surface area (Å²) in [6.07, 6.45) is 0. The molecule has 1 heterocycles. The first-order chi connectivity index (χ1) is 8.92. The molecule has 1 rings (SSSR count). The molecule has 0 bridgehead atoms. The molecule has 5 N–H and O–H groups in total. The van der Waals surface area contributed by atoms with E-state index >= 15 is 0 Å². The van der Waals surface area contributed by atoms with Crippen LogP contribution in [0.2, 0.25) is 0 Å². The average molecular weight is 266 g/mol. The van der Waals surface area contributed by atoms with Crippen LogP contribution in [0.15, 0.2) is 6.07 Å². The van der Waals surface area contributed by atoms with E-state index in [1.54, 1.807) is 20.0 Å². The van der Waals surface area contributed by atoms with E-state index in [0.29, 0.717) is 24.1 Å². The van der Waals surface area contributed by atoms with E-state index in [9.17, 15) is 4.79 Å². The fourth-order valence-electron chi connectivity index (χ4n) is 1.41. The van der Waals surface area contributed by atoms with Gasteiger partial charge in [0.15, 0.2) is 0 Å². The second-order valence-electron chi connectivity index (χ2n) is 4.75. The SMILES string of the molecule is CNc1cc(NC(C)C(=O)NCC(C)C)nc(N)n1. The molecule has 106 valence electrons. The molecular formula is C12H22N6O. The summed E-state index contributed by atoms with van der Waals surface area (Å²) in [6, 6.07) is 1.31. The third-order valence-corrected chi connectivity index (χ3v) is 2.44. The van der Waals surface area contributed by atoms with Crippen LogP contribution in [0, 0.1) is 5.92 Å². The Morgan fingerprint density at radius 2 is 1.95 bits per heavy atom. The van der Waals surface area contributed by atoms with E-state index in [2.05, 4.69) is 25.9 Å².